The second-order valence-electron chi connectivity index (χ2n) is 8.18. The van der Waals surface area contributed by atoms with Gasteiger partial charge in [-0.25, -0.2) is 0 Å². The number of hydrogen-bond acceptors (Lipinski definition) is 2. The average molecular weight is 512 g/mol. The van der Waals surface area contributed by atoms with Crippen molar-refractivity contribution in [1.29, 1.82) is 0 Å². The zero-order valence-electron chi connectivity index (χ0n) is 16.8. The molecule has 1 aliphatic rings. The van der Waals surface area contributed by atoms with Gasteiger partial charge in [0.15, 0.2) is 0 Å². The predicted octanol–water partition coefficient (Wildman–Crippen LogP) is 6.68. The SMILES string of the molecule is CCC(C)(Pc1ccccc1CS)c1cc(C)cc(C2(I)C(C)C2C)c1O. The third kappa shape index (κ3) is 3.69. The molecule has 0 bridgehead atoms. The monoisotopic (exact) mass is 512 g/mol. The molecule has 0 amide bonds. The number of thiol groups is 1. The molecule has 1 saturated carbocycles. The van der Waals surface area contributed by atoms with Crippen molar-refractivity contribution in [3.8, 4) is 5.75 Å². The summed E-state index contributed by atoms with van der Waals surface area (Å²) in [4.78, 5) is 0. The fourth-order valence-corrected chi connectivity index (χ4v) is 7.47. The van der Waals surface area contributed by atoms with Gasteiger partial charge in [0.1, 0.15) is 5.75 Å². The number of halogens is 1. The molecular formula is C23H30IOPS. The third-order valence-corrected chi connectivity index (χ3v) is 11.4. The second kappa shape index (κ2) is 7.88. The van der Waals surface area contributed by atoms with Crippen LogP contribution in [-0.2, 0) is 14.3 Å². The Labute approximate surface area is 185 Å². The standard InChI is InChI=1S/C23H30IOPS/c1-6-22(5,26-20-10-8-7-9-17(20)13-27)18-11-14(2)12-19(21(18)25)23(24)15(3)16(23)4/h7-12,15-16,25-27H,6,13H2,1-5H3. The topological polar surface area (TPSA) is 20.2 Å². The highest BCUT2D eigenvalue weighted by molar-refractivity contribution is 14.1. The summed E-state index contributed by atoms with van der Waals surface area (Å²) in [5, 5.41) is 12.7. The number of hydrogen-bond donors (Lipinski definition) is 2. The molecule has 4 atom stereocenters. The van der Waals surface area contributed by atoms with Crippen LogP contribution in [-0.4, -0.2) is 5.11 Å². The lowest BCUT2D eigenvalue weighted by molar-refractivity contribution is 0.447. The highest BCUT2D eigenvalue weighted by atomic mass is 127. The normalized spacial score (nSPS) is 27.1. The summed E-state index contributed by atoms with van der Waals surface area (Å²) in [6.45, 7) is 11.3. The van der Waals surface area contributed by atoms with Crippen LogP contribution in [0.15, 0.2) is 36.4 Å². The van der Waals surface area contributed by atoms with E-state index in [1.54, 1.807) is 0 Å². The largest absolute Gasteiger partial charge is 0.507 e. The van der Waals surface area contributed by atoms with Crippen LogP contribution in [0.25, 0.3) is 0 Å². The number of aromatic hydroxyl groups is 1. The molecule has 0 spiro atoms. The number of phenols is 1. The number of rotatable bonds is 6. The van der Waals surface area contributed by atoms with Gasteiger partial charge >= 0.3 is 0 Å². The molecule has 1 N–H and O–H groups in total. The molecule has 2 aromatic rings. The number of alkyl halides is 1. The van der Waals surface area contributed by atoms with Crippen molar-refractivity contribution in [2.75, 3.05) is 0 Å². The molecule has 0 heterocycles. The Balaban J connectivity index is 2.09. The Morgan fingerprint density at radius 3 is 2.41 bits per heavy atom. The van der Waals surface area contributed by atoms with E-state index < -0.39 is 0 Å². The minimum atomic E-state index is -0.0850. The molecule has 4 unspecified atom stereocenters. The first kappa shape index (κ1) is 21.5. The van der Waals surface area contributed by atoms with Crippen LogP contribution >= 0.6 is 43.8 Å². The maximum Gasteiger partial charge on any atom is 0.124 e. The van der Waals surface area contributed by atoms with Crippen LogP contribution in [0.4, 0.5) is 0 Å². The zero-order chi connectivity index (χ0) is 20.0. The molecule has 0 radical (unpaired) electrons. The highest BCUT2D eigenvalue weighted by Gasteiger charge is 2.59. The summed E-state index contributed by atoms with van der Waals surface area (Å²) in [6.07, 6.45) is 0.988. The first-order chi connectivity index (χ1) is 12.7. The quantitative estimate of drug-likeness (QED) is 0.192. The van der Waals surface area contributed by atoms with E-state index in [1.165, 1.54) is 16.4 Å². The van der Waals surface area contributed by atoms with Gasteiger partial charge in [0, 0.05) is 22.0 Å². The van der Waals surface area contributed by atoms with E-state index in [0.717, 1.165) is 23.3 Å². The maximum atomic E-state index is 11.4. The van der Waals surface area contributed by atoms with E-state index in [9.17, 15) is 5.11 Å². The molecule has 146 valence electrons. The van der Waals surface area contributed by atoms with Crippen LogP contribution in [0.5, 0.6) is 5.75 Å². The molecule has 0 aliphatic heterocycles. The lowest BCUT2D eigenvalue weighted by Crippen LogP contribution is -2.21. The second-order valence-corrected chi connectivity index (χ2v) is 12.2. The van der Waals surface area contributed by atoms with E-state index in [4.69, 9.17) is 0 Å². The Kier molecular flexibility index (Phi) is 6.26. The van der Waals surface area contributed by atoms with Crippen molar-refractivity contribution >= 4 is 49.1 Å². The van der Waals surface area contributed by atoms with Crippen LogP contribution in [0, 0.1) is 18.8 Å². The first-order valence-corrected chi connectivity index (χ1v) is 12.4. The summed E-state index contributed by atoms with van der Waals surface area (Å²) >= 11 is 7.09. The van der Waals surface area contributed by atoms with Crippen molar-refractivity contribution in [3.05, 3.63) is 58.7 Å². The fraction of sp³-hybridized carbons (Fsp3) is 0.478. The molecule has 3 rings (SSSR count). The van der Waals surface area contributed by atoms with Gasteiger partial charge < -0.3 is 5.11 Å². The van der Waals surface area contributed by atoms with Gasteiger partial charge in [-0.05, 0) is 36.0 Å². The Morgan fingerprint density at radius 2 is 1.85 bits per heavy atom. The smallest absolute Gasteiger partial charge is 0.124 e. The lowest BCUT2D eigenvalue weighted by atomic mass is 9.90. The van der Waals surface area contributed by atoms with E-state index in [-0.39, 0.29) is 8.58 Å². The van der Waals surface area contributed by atoms with Crippen molar-refractivity contribution < 1.29 is 5.11 Å². The molecule has 1 fully saturated rings. The highest BCUT2D eigenvalue weighted by Crippen LogP contribution is 2.67. The van der Waals surface area contributed by atoms with Crippen molar-refractivity contribution in [1.82, 2.24) is 0 Å². The summed E-state index contributed by atoms with van der Waals surface area (Å²) in [5.74, 6) is 2.46. The molecule has 4 heteroatoms. The van der Waals surface area contributed by atoms with Crippen LogP contribution in [0.2, 0.25) is 0 Å². The summed E-state index contributed by atoms with van der Waals surface area (Å²) in [6, 6.07) is 13.0. The molecule has 1 aliphatic carbocycles. The Morgan fingerprint density at radius 1 is 1.22 bits per heavy atom. The molecule has 0 saturated heterocycles. The third-order valence-electron chi connectivity index (χ3n) is 6.53. The Bertz CT molecular complexity index is 844. The Hall–Kier alpha value is -0.250. The van der Waals surface area contributed by atoms with Gasteiger partial charge in [-0.3, -0.25) is 0 Å². The first-order valence-electron chi connectivity index (χ1n) is 9.69. The number of benzene rings is 2. The lowest BCUT2D eigenvalue weighted by Gasteiger charge is -2.32. The van der Waals surface area contributed by atoms with Crippen molar-refractivity contribution in [3.63, 3.8) is 0 Å². The molecule has 1 nitrogen and oxygen atoms in total. The minimum absolute atomic E-state index is 0.0589. The van der Waals surface area contributed by atoms with E-state index in [0.29, 0.717) is 26.2 Å². The van der Waals surface area contributed by atoms with Gasteiger partial charge in [0.25, 0.3) is 0 Å². The summed E-state index contributed by atoms with van der Waals surface area (Å²) in [5.41, 5.74) is 4.77. The maximum absolute atomic E-state index is 11.4. The van der Waals surface area contributed by atoms with Gasteiger partial charge in [-0.15, -0.1) is 0 Å². The molecule has 0 aromatic heterocycles. The fourth-order valence-electron chi connectivity index (χ4n) is 4.13. The van der Waals surface area contributed by atoms with Gasteiger partial charge in [-0.2, -0.15) is 12.6 Å². The molecule has 2 aromatic carbocycles. The average Bonchev–Trinajstić information content (AvgIpc) is 3.15. The molecular weight excluding hydrogens is 482 g/mol. The van der Waals surface area contributed by atoms with Crippen molar-refractivity contribution in [2.45, 2.75) is 55.4 Å². The van der Waals surface area contributed by atoms with Crippen molar-refractivity contribution in [2.24, 2.45) is 11.8 Å². The zero-order valence-corrected chi connectivity index (χ0v) is 20.9. The van der Waals surface area contributed by atoms with E-state index >= 15 is 0 Å². The van der Waals surface area contributed by atoms with Crippen LogP contribution < -0.4 is 5.30 Å². The predicted molar refractivity (Wildman–Crippen MR) is 132 cm³/mol. The van der Waals surface area contributed by atoms with E-state index in [2.05, 4.69) is 106 Å². The minimum Gasteiger partial charge on any atom is -0.507 e. The van der Waals surface area contributed by atoms with E-state index in [1.807, 2.05) is 0 Å². The summed E-state index contributed by atoms with van der Waals surface area (Å²) < 4.78 is 0.0589. The van der Waals surface area contributed by atoms with Gasteiger partial charge in [-0.1, -0.05) is 101 Å². The van der Waals surface area contributed by atoms with Crippen LogP contribution in [0.3, 0.4) is 0 Å². The van der Waals surface area contributed by atoms with Gasteiger partial charge in [0.2, 0.25) is 0 Å². The van der Waals surface area contributed by atoms with Crippen LogP contribution in [0.1, 0.15) is 56.4 Å². The van der Waals surface area contributed by atoms with Gasteiger partial charge in [0.05, 0.1) is 3.42 Å². The number of aryl methyl sites for hydroxylation is 1. The summed E-state index contributed by atoms with van der Waals surface area (Å²) in [7, 11) is 0.601. The molecule has 27 heavy (non-hydrogen) atoms. The number of phenolic OH excluding ortho intramolecular Hbond substituents is 1.